The van der Waals surface area contributed by atoms with E-state index < -0.39 is 0 Å². The minimum atomic E-state index is -0.110. The van der Waals surface area contributed by atoms with Crippen LogP contribution in [0.2, 0.25) is 0 Å². The number of rotatable bonds is 0. The van der Waals surface area contributed by atoms with Gasteiger partial charge >= 0.3 is 0 Å². The van der Waals surface area contributed by atoms with Gasteiger partial charge in [0.05, 0.1) is 11.7 Å². The van der Waals surface area contributed by atoms with Gasteiger partial charge in [-0.05, 0) is 26.8 Å². The van der Waals surface area contributed by atoms with Gasteiger partial charge in [-0.25, -0.2) is 0 Å². The van der Waals surface area contributed by atoms with E-state index in [2.05, 4.69) is 20.4 Å². The highest BCUT2D eigenvalue weighted by atomic mass is 15.5. The van der Waals surface area contributed by atoms with Crippen LogP contribution in [0.1, 0.15) is 20.8 Å². The van der Waals surface area contributed by atoms with Gasteiger partial charge in [0, 0.05) is 0 Å². The second-order valence-electron chi connectivity index (χ2n) is 3.90. The van der Waals surface area contributed by atoms with Gasteiger partial charge in [-0.15, -0.1) is 10.2 Å². The molecule has 0 amide bonds. The van der Waals surface area contributed by atoms with E-state index in [4.69, 9.17) is 0 Å². The Bertz CT molecular complexity index is 392. The summed E-state index contributed by atoms with van der Waals surface area (Å²) in [6.45, 7) is 6.12. The molecule has 5 nitrogen and oxygen atoms in total. The summed E-state index contributed by atoms with van der Waals surface area (Å²) >= 11 is 0. The van der Waals surface area contributed by atoms with Crippen LogP contribution in [-0.2, 0) is 5.54 Å². The predicted octanol–water partition coefficient (Wildman–Crippen LogP) is 0.976. The summed E-state index contributed by atoms with van der Waals surface area (Å²) in [6.07, 6.45) is 1.62. The average molecular weight is 177 g/mol. The summed E-state index contributed by atoms with van der Waals surface area (Å²) in [4.78, 5) is 1.66. The fraction of sp³-hybridized carbons (Fsp3) is 0.500. The van der Waals surface area contributed by atoms with Crippen molar-refractivity contribution in [2.45, 2.75) is 26.3 Å². The van der Waals surface area contributed by atoms with E-state index in [1.807, 2.05) is 20.8 Å². The van der Waals surface area contributed by atoms with Crippen molar-refractivity contribution in [1.29, 1.82) is 0 Å². The summed E-state index contributed by atoms with van der Waals surface area (Å²) < 4.78 is 0. The lowest BCUT2D eigenvalue weighted by molar-refractivity contribution is 0.315. The van der Waals surface area contributed by atoms with Gasteiger partial charge in [-0.2, -0.15) is 15.0 Å². The normalized spacial score (nSPS) is 12.2. The zero-order valence-electron chi connectivity index (χ0n) is 7.89. The molecule has 0 aliphatic heterocycles. The maximum atomic E-state index is 4.29. The Hall–Kier alpha value is -1.52. The lowest BCUT2D eigenvalue weighted by Crippen LogP contribution is -2.24. The molecule has 2 rings (SSSR count). The van der Waals surface area contributed by atoms with Gasteiger partial charge < -0.3 is 0 Å². The highest BCUT2D eigenvalue weighted by molar-refractivity contribution is 5.67. The Morgan fingerprint density at radius 1 is 1.23 bits per heavy atom. The van der Waals surface area contributed by atoms with E-state index in [-0.39, 0.29) is 5.54 Å². The van der Waals surface area contributed by atoms with E-state index >= 15 is 0 Å². The van der Waals surface area contributed by atoms with Crippen molar-refractivity contribution < 1.29 is 0 Å². The molecule has 0 atom stereocenters. The summed E-state index contributed by atoms with van der Waals surface area (Å²) in [7, 11) is 0. The van der Waals surface area contributed by atoms with Crippen LogP contribution >= 0.6 is 0 Å². The molecule has 68 valence electrons. The topological polar surface area (TPSA) is 56.5 Å². The Kier molecular flexibility index (Phi) is 1.55. The first-order valence-electron chi connectivity index (χ1n) is 4.12. The molecule has 0 aromatic carbocycles. The maximum absolute atomic E-state index is 4.29. The summed E-state index contributed by atoms with van der Waals surface area (Å²) in [5.41, 5.74) is 1.27. The molecule has 2 aromatic rings. The minimum absolute atomic E-state index is 0.110. The number of aromatic nitrogens is 5. The van der Waals surface area contributed by atoms with Crippen LogP contribution in [0.4, 0.5) is 0 Å². The number of hydrogen-bond donors (Lipinski definition) is 0. The van der Waals surface area contributed by atoms with Crippen LogP contribution in [-0.4, -0.2) is 25.2 Å². The first kappa shape index (κ1) is 8.10. The molecule has 0 saturated heterocycles. The first-order valence-corrected chi connectivity index (χ1v) is 4.12. The molecule has 0 spiro atoms. The molecule has 0 aliphatic rings. The molecule has 2 heterocycles. The Morgan fingerprint density at radius 3 is 2.62 bits per heavy atom. The van der Waals surface area contributed by atoms with Gasteiger partial charge in [0.2, 0.25) is 5.65 Å². The number of fused-ring (bicyclic) bond motifs is 1. The van der Waals surface area contributed by atoms with Gasteiger partial charge in [-0.3, -0.25) is 0 Å². The minimum Gasteiger partial charge on any atom is -0.177 e. The quantitative estimate of drug-likeness (QED) is 0.601. The Labute approximate surface area is 75.8 Å². The van der Waals surface area contributed by atoms with Crippen molar-refractivity contribution in [3.8, 4) is 0 Å². The van der Waals surface area contributed by atoms with Crippen molar-refractivity contribution >= 4 is 11.2 Å². The predicted molar refractivity (Wildman–Crippen MR) is 48.1 cm³/mol. The second-order valence-corrected chi connectivity index (χ2v) is 3.90. The monoisotopic (exact) mass is 177 g/mol. The van der Waals surface area contributed by atoms with Crippen LogP contribution < -0.4 is 0 Å². The average Bonchev–Trinajstić information content (AvgIpc) is 2.45. The lowest BCUT2D eigenvalue weighted by Gasteiger charge is -2.15. The Morgan fingerprint density at radius 2 is 2.00 bits per heavy atom. The highest BCUT2D eigenvalue weighted by Gasteiger charge is 2.16. The van der Waals surface area contributed by atoms with Crippen LogP contribution in [0, 0.1) is 0 Å². The smallest absolute Gasteiger partial charge is 0.177 e. The van der Waals surface area contributed by atoms with Gasteiger partial charge in [-0.1, -0.05) is 0 Å². The van der Waals surface area contributed by atoms with Crippen molar-refractivity contribution in [3.63, 3.8) is 0 Å². The van der Waals surface area contributed by atoms with Crippen molar-refractivity contribution in [1.82, 2.24) is 25.2 Å². The fourth-order valence-corrected chi connectivity index (χ4v) is 0.981. The van der Waals surface area contributed by atoms with Gasteiger partial charge in [0.25, 0.3) is 0 Å². The molecule has 0 unspecified atom stereocenters. The standard InChI is InChI=1S/C8H11N5/c1-8(2,3)13-11-6-4-5-9-10-7(6)12-13/h4-5H,1-3H3. The molecule has 0 radical (unpaired) electrons. The van der Waals surface area contributed by atoms with Crippen LogP contribution in [0.3, 0.4) is 0 Å². The molecule has 0 fully saturated rings. The van der Waals surface area contributed by atoms with Crippen LogP contribution in [0.15, 0.2) is 12.3 Å². The maximum Gasteiger partial charge on any atom is 0.223 e. The molecule has 0 saturated carbocycles. The largest absolute Gasteiger partial charge is 0.223 e. The van der Waals surface area contributed by atoms with E-state index in [9.17, 15) is 0 Å². The van der Waals surface area contributed by atoms with Crippen LogP contribution in [0.25, 0.3) is 11.2 Å². The summed E-state index contributed by atoms with van der Waals surface area (Å²) in [6, 6.07) is 1.80. The Balaban J connectivity index is 2.63. The third-order valence-electron chi connectivity index (χ3n) is 1.67. The van der Waals surface area contributed by atoms with Crippen LogP contribution in [0.5, 0.6) is 0 Å². The molecular formula is C8H11N5. The van der Waals surface area contributed by atoms with E-state index in [1.165, 1.54) is 0 Å². The van der Waals surface area contributed by atoms with Gasteiger partial charge in [0.15, 0.2) is 0 Å². The molecule has 2 aromatic heterocycles. The third kappa shape index (κ3) is 1.37. The van der Waals surface area contributed by atoms with Crippen molar-refractivity contribution in [3.05, 3.63) is 12.3 Å². The lowest BCUT2D eigenvalue weighted by atomic mass is 10.1. The third-order valence-corrected chi connectivity index (χ3v) is 1.67. The molecule has 0 N–H and O–H groups in total. The molecular weight excluding hydrogens is 166 g/mol. The fourth-order valence-electron chi connectivity index (χ4n) is 0.981. The number of nitrogens with zero attached hydrogens (tertiary/aromatic N) is 5. The molecule has 0 bridgehead atoms. The zero-order valence-corrected chi connectivity index (χ0v) is 7.89. The SMILES string of the molecule is CC(C)(C)n1nc2ccnnc2n1. The summed E-state index contributed by atoms with van der Waals surface area (Å²) in [5.74, 6) is 0. The molecule has 5 heteroatoms. The van der Waals surface area contributed by atoms with E-state index in [0.717, 1.165) is 5.52 Å². The molecule has 0 aliphatic carbocycles. The van der Waals surface area contributed by atoms with E-state index in [1.54, 1.807) is 17.1 Å². The number of hydrogen-bond acceptors (Lipinski definition) is 4. The van der Waals surface area contributed by atoms with Crippen molar-refractivity contribution in [2.24, 2.45) is 0 Å². The zero-order chi connectivity index (χ0) is 9.47. The van der Waals surface area contributed by atoms with E-state index in [0.29, 0.717) is 5.65 Å². The highest BCUT2D eigenvalue weighted by Crippen LogP contribution is 2.12. The van der Waals surface area contributed by atoms with Gasteiger partial charge in [0.1, 0.15) is 5.52 Å². The summed E-state index contributed by atoms with van der Waals surface area (Å²) in [5, 5.41) is 16.1. The first-order chi connectivity index (χ1) is 6.07. The van der Waals surface area contributed by atoms with Crippen molar-refractivity contribution in [2.75, 3.05) is 0 Å². The molecule has 13 heavy (non-hydrogen) atoms. The second kappa shape index (κ2) is 2.48.